The predicted octanol–water partition coefficient (Wildman–Crippen LogP) is 3.52. The van der Waals surface area contributed by atoms with Crippen molar-refractivity contribution >= 4 is 34.9 Å². The zero-order valence-corrected chi connectivity index (χ0v) is 9.99. The van der Waals surface area contributed by atoms with Crippen LogP contribution in [0, 0.1) is 0 Å². The number of nitrogens with one attached hydrogen (secondary N) is 2. The molecular formula is C10H12Cl2N2O. The van der Waals surface area contributed by atoms with E-state index in [1.807, 2.05) is 13.8 Å². The van der Waals surface area contributed by atoms with E-state index in [-0.39, 0.29) is 12.1 Å². The monoisotopic (exact) mass is 246 g/mol. The van der Waals surface area contributed by atoms with Crippen LogP contribution in [0.25, 0.3) is 0 Å². The normalized spacial score (nSPS) is 10.2. The highest BCUT2D eigenvalue weighted by Crippen LogP contribution is 2.24. The van der Waals surface area contributed by atoms with Crippen molar-refractivity contribution in [2.45, 2.75) is 19.9 Å². The molecule has 0 radical (unpaired) electrons. The second-order valence-electron chi connectivity index (χ2n) is 3.38. The minimum Gasteiger partial charge on any atom is -0.336 e. The highest BCUT2D eigenvalue weighted by molar-refractivity contribution is 6.42. The molecule has 0 aliphatic heterocycles. The number of rotatable bonds is 2. The lowest BCUT2D eigenvalue weighted by Gasteiger charge is -2.10. The molecule has 0 saturated carbocycles. The fraction of sp³-hybridized carbons (Fsp3) is 0.300. The van der Waals surface area contributed by atoms with Crippen LogP contribution < -0.4 is 10.6 Å². The van der Waals surface area contributed by atoms with E-state index < -0.39 is 0 Å². The Morgan fingerprint density at radius 2 is 1.93 bits per heavy atom. The van der Waals surface area contributed by atoms with Crippen LogP contribution in [0.1, 0.15) is 13.8 Å². The maximum absolute atomic E-state index is 11.3. The van der Waals surface area contributed by atoms with E-state index in [9.17, 15) is 4.79 Å². The van der Waals surface area contributed by atoms with Crippen LogP contribution in [-0.4, -0.2) is 12.1 Å². The van der Waals surface area contributed by atoms with Gasteiger partial charge in [-0.25, -0.2) is 4.79 Å². The number of hydrogen-bond acceptors (Lipinski definition) is 1. The summed E-state index contributed by atoms with van der Waals surface area (Å²) in [4.78, 5) is 11.3. The molecule has 3 nitrogen and oxygen atoms in total. The summed E-state index contributed by atoms with van der Waals surface area (Å²) in [5.41, 5.74) is 0.613. The molecule has 0 fully saturated rings. The van der Waals surface area contributed by atoms with Crippen LogP contribution in [0.5, 0.6) is 0 Å². The first-order valence-corrected chi connectivity index (χ1v) is 5.27. The smallest absolute Gasteiger partial charge is 0.319 e. The number of halogens is 2. The number of hydrogen-bond donors (Lipinski definition) is 2. The predicted molar refractivity (Wildman–Crippen MR) is 63.8 cm³/mol. The van der Waals surface area contributed by atoms with Crippen LogP contribution in [0.2, 0.25) is 10.0 Å². The van der Waals surface area contributed by atoms with Crippen LogP contribution in [-0.2, 0) is 0 Å². The second-order valence-corrected chi connectivity index (χ2v) is 4.20. The zero-order valence-electron chi connectivity index (χ0n) is 8.47. The van der Waals surface area contributed by atoms with Gasteiger partial charge in [-0.3, -0.25) is 0 Å². The van der Waals surface area contributed by atoms with Gasteiger partial charge < -0.3 is 10.6 Å². The summed E-state index contributed by atoms with van der Waals surface area (Å²) in [7, 11) is 0. The molecule has 1 aromatic carbocycles. The molecule has 0 saturated heterocycles. The van der Waals surface area contributed by atoms with E-state index in [0.717, 1.165) is 0 Å². The van der Waals surface area contributed by atoms with Gasteiger partial charge in [0.1, 0.15) is 0 Å². The molecule has 2 amide bonds. The summed E-state index contributed by atoms with van der Waals surface area (Å²) in [6, 6.07) is 4.75. The Hall–Kier alpha value is -0.930. The van der Waals surface area contributed by atoms with Crippen molar-refractivity contribution in [2.24, 2.45) is 0 Å². The summed E-state index contributed by atoms with van der Waals surface area (Å²) in [6.45, 7) is 3.77. The van der Waals surface area contributed by atoms with E-state index in [2.05, 4.69) is 10.6 Å². The molecule has 0 heterocycles. The largest absolute Gasteiger partial charge is 0.336 e. The third-order valence-electron chi connectivity index (χ3n) is 1.60. The third kappa shape index (κ3) is 3.98. The van der Waals surface area contributed by atoms with E-state index in [1.165, 1.54) is 0 Å². The summed E-state index contributed by atoms with van der Waals surface area (Å²) in [6.07, 6.45) is 0. The van der Waals surface area contributed by atoms with Crippen LogP contribution in [0.4, 0.5) is 10.5 Å². The Morgan fingerprint density at radius 1 is 1.27 bits per heavy atom. The SMILES string of the molecule is CC(C)NC(=O)Nc1ccc(Cl)c(Cl)c1. The lowest BCUT2D eigenvalue weighted by Crippen LogP contribution is -2.34. The Labute approximate surface area is 98.8 Å². The fourth-order valence-electron chi connectivity index (χ4n) is 1.00. The van der Waals surface area contributed by atoms with Crippen molar-refractivity contribution in [1.82, 2.24) is 5.32 Å². The molecular weight excluding hydrogens is 235 g/mol. The number of anilines is 1. The first-order chi connectivity index (χ1) is 6.99. The molecule has 0 bridgehead atoms. The molecule has 1 rings (SSSR count). The van der Waals surface area contributed by atoms with Gasteiger partial charge in [0.15, 0.2) is 0 Å². The minimum atomic E-state index is -0.261. The number of urea groups is 1. The summed E-state index contributed by atoms with van der Waals surface area (Å²) in [5, 5.41) is 6.23. The summed E-state index contributed by atoms with van der Waals surface area (Å²) < 4.78 is 0. The minimum absolute atomic E-state index is 0.0905. The molecule has 0 unspecified atom stereocenters. The third-order valence-corrected chi connectivity index (χ3v) is 2.34. The van der Waals surface area contributed by atoms with E-state index in [1.54, 1.807) is 18.2 Å². The van der Waals surface area contributed by atoms with Crippen LogP contribution in [0.3, 0.4) is 0 Å². The fourth-order valence-corrected chi connectivity index (χ4v) is 1.30. The zero-order chi connectivity index (χ0) is 11.4. The first kappa shape index (κ1) is 12.1. The Morgan fingerprint density at radius 3 is 2.47 bits per heavy atom. The van der Waals surface area contributed by atoms with Crippen molar-refractivity contribution in [3.63, 3.8) is 0 Å². The average Bonchev–Trinajstić information content (AvgIpc) is 2.10. The van der Waals surface area contributed by atoms with Gasteiger partial charge in [-0.2, -0.15) is 0 Å². The summed E-state index contributed by atoms with van der Waals surface area (Å²) >= 11 is 11.5. The van der Waals surface area contributed by atoms with Crippen LogP contribution >= 0.6 is 23.2 Å². The Bertz CT molecular complexity index is 366. The molecule has 15 heavy (non-hydrogen) atoms. The molecule has 0 aromatic heterocycles. The van der Waals surface area contributed by atoms with E-state index in [0.29, 0.717) is 15.7 Å². The van der Waals surface area contributed by atoms with Gasteiger partial charge >= 0.3 is 6.03 Å². The number of amides is 2. The topological polar surface area (TPSA) is 41.1 Å². The first-order valence-electron chi connectivity index (χ1n) is 4.51. The van der Waals surface area contributed by atoms with Crippen LogP contribution in [0.15, 0.2) is 18.2 Å². The van der Waals surface area contributed by atoms with Crippen molar-refractivity contribution in [3.8, 4) is 0 Å². The van der Waals surface area contributed by atoms with Crippen molar-refractivity contribution in [3.05, 3.63) is 28.2 Å². The van der Waals surface area contributed by atoms with Gasteiger partial charge in [-0.15, -0.1) is 0 Å². The van der Waals surface area contributed by atoms with Crippen molar-refractivity contribution in [2.75, 3.05) is 5.32 Å². The molecule has 0 aliphatic rings. The molecule has 0 spiro atoms. The van der Waals surface area contributed by atoms with E-state index >= 15 is 0 Å². The highest BCUT2D eigenvalue weighted by Gasteiger charge is 2.04. The lowest BCUT2D eigenvalue weighted by molar-refractivity contribution is 0.250. The molecule has 82 valence electrons. The number of benzene rings is 1. The maximum atomic E-state index is 11.3. The molecule has 1 aromatic rings. The average molecular weight is 247 g/mol. The van der Waals surface area contributed by atoms with Gasteiger partial charge in [-0.05, 0) is 32.0 Å². The van der Waals surface area contributed by atoms with Gasteiger partial charge in [0.05, 0.1) is 10.0 Å². The Kier molecular flexibility index (Phi) is 4.24. The highest BCUT2D eigenvalue weighted by atomic mass is 35.5. The van der Waals surface area contributed by atoms with Gasteiger partial charge in [0, 0.05) is 11.7 Å². The molecule has 2 N–H and O–H groups in total. The molecule has 0 atom stereocenters. The number of carbonyl (C=O) groups excluding carboxylic acids is 1. The quantitative estimate of drug-likeness (QED) is 0.824. The second kappa shape index (κ2) is 5.24. The lowest BCUT2D eigenvalue weighted by atomic mass is 10.3. The number of carbonyl (C=O) groups is 1. The van der Waals surface area contributed by atoms with Gasteiger partial charge in [0.25, 0.3) is 0 Å². The standard InChI is InChI=1S/C10H12Cl2N2O/c1-6(2)13-10(15)14-7-3-4-8(11)9(12)5-7/h3-6H,1-2H3,(H2,13,14,15). The van der Waals surface area contributed by atoms with Gasteiger partial charge in [0.2, 0.25) is 0 Å². The van der Waals surface area contributed by atoms with Gasteiger partial charge in [-0.1, -0.05) is 23.2 Å². The molecule has 0 aliphatic carbocycles. The maximum Gasteiger partial charge on any atom is 0.319 e. The Balaban J connectivity index is 2.65. The van der Waals surface area contributed by atoms with Crippen molar-refractivity contribution < 1.29 is 4.79 Å². The van der Waals surface area contributed by atoms with Crippen molar-refractivity contribution in [1.29, 1.82) is 0 Å². The molecule has 5 heteroatoms. The van der Waals surface area contributed by atoms with E-state index in [4.69, 9.17) is 23.2 Å². The summed E-state index contributed by atoms with van der Waals surface area (Å²) in [5.74, 6) is 0.